The number of carboxylic acid groups (broad SMARTS) is 1. The molecule has 0 bridgehead atoms. The third-order valence-electron chi connectivity index (χ3n) is 4.65. The highest BCUT2D eigenvalue weighted by molar-refractivity contribution is 5.79. The predicted molar refractivity (Wildman–Crippen MR) is 103 cm³/mol. The predicted octanol–water partition coefficient (Wildman–Crippen LogP) is 1.60. The van der Waals surface area contributed by atoms with E-state index in [-0.39, 0.29) is 49.1 Å². The van der Waals surface area contributed by atoms with Crippen LogP contribution in [0.2, 0.25) is 0 Å². The molecule has 0 aliphatic carbocycles. The van der Waals surface area contributed by atoms with Crippen LogP contribution in [0.4, 0.5) is 5.69 Å². The minimum atomic E-state index is -0.925. The Kier molecular flexibility index (Phi) is 7.93. The Morgan fingerprint density at radius 1 is 1.07 bits per heavy atom. The summed E-state index contributed by atoms with van der Waals surface area (Å²) in [7, 11) is 0. The molecule has 1 fully saturated rings. The van der Waals surface area contributed by atoms with E-state index in [0.29, 0.717) is 32.6 Å². The van der Waals surface area contributed by atoms with Gasteiger partial charge in [-0.3, -0.25) is 24.5 Å². The number of hydrogen-bond donors (Lipinski definition) is 1. The van der Waals surface area contributed by atoms with Crippen molar-refractivity contribution in [1.82, 2.24) is 9.80 Å². The van der Waals surface area contributed by atoms with Crippen molar-refractivity contribution >= 4 is 23.5 Å². The summed E-state index contributed by atoms with van der Waals surface area (Å²) in [5.74, 6) is -1.04. The highest BCUT2D eigenvalue weighted by Gasteiger charge is 2.24. The summed E-state index contributed by atoms with van der Waals surface area (Å²) in [5, 5.41) is 19.7. The molecule has 10 nitrogen and oxygen atoms in total. The summed E-state index contributed by atoms with van der Waals surface area (Å²) >= 11 is 0. The lowest BCUT2D eigenvalue weighted by molar-refractivity contribution is -0.385. The number of ether oxygens (including phenoxy) is 1. The van der Waals surface area contributed by atoms with E-state index in [1.54, 1.807) is 22.8 Å². The Morgan fingerprint density at radius 3 is 2.21 bits per heavy atom. The summed E-state index contributed by atoms with van der Waals surface area (Å²) in [4.78, 5) is 48.7. The van der Waals surface area contributed by atoms with E-state index in [1.807, 2.05) is 0 Å². The molecule has 29 heavy (non-hydrogen) atoms. The molecule has 0 atom stereocenters. The van der Waals surface area contributed by atoms with E-state index in [2.05, 4.69) is 0 Å². The van der Waals surface area contributed by atoms with Gasteiger partial charge in [0.2, 0.25) is 11.8 Å². The Balaban J connectivity index is 1.74. The molecule has 1 heterocycles. The molecule has 0 radical (unpaired) electrons. The van der Waals surface area contributed by atoms with Crippen molar-refractivity contribution in [2.24, 2.45) is 0 Å². The molecule has 0 aromatic heterocycles. The fourth-order valence-electron chi connectivity index (χ4n) is 3.05. The summed E-state index contributed by atoms with van der Waals surface area (Å²) in [5.41, 5.74) is 0.614. The molecule has 0 spiro atoms. The van der Waals surface area contributed by atoms with Gasteiger partial charge in [-0.25, -0.2) is 0 Å². The van der Waals surface area contributed by atoms with Crippen LogP contribution < -0.4 is 4.74 Å². The van der Waals surface area contributed by atoms with Crippen LogP contribution in [-0.2, 0) is 14.4 Å². The number of amides is 2. The van der Waals surface area contributed by atoms with Crippen LogP contribution >= 0.6 is 0 Å². The molecule has 1 aliphatic heterocycles. The second-order valence-corrected chi connectivity index (χ2v) is 6.84. The summed E-state index contributed by atoms with van der Waals surface area (Å²) in [6.45, 7) is 3.38. The standard InChI is InChI=1S/C19H25N3O7/c1-14-5-6-16(15(13-14)22(27)28)29-12-7-18(24)21-10-8-20(9-11-21)17(23)3-2-4-19(25)26/h5-6,13H,2-4,7-12H2,1H3,(H,25,26). The first kappa shape index (κ1) is 22.1. The SMILES string of the molecule is Cc1ccc(OCCC(=O)N2CCN(C(=O)CCCC(=O)O)CC2)c([N+](=O)[O-])c1. The Labute approximate surface area is 168 Å². The van der Waals surface area contributed by atoms with Gasteiger partial charge in [0, 0.05) is 45.1 Å². The maximum atomic E-state index is 12.3. The molecular weight excluding hydrogens is 382 g/mol. The fraction of sp³-hybridized carbons (Fsp3) is 0.526. The maximum absolute atomic E-state index is 12.3. The zero-order valence-corrected chi connectivity index (χ0v) is 16.3. The van der Waals surface area contributed by atoms with Gasteiger partial charge in [-0.2, -0.15) is 0 Å². The van der Waals surface area contributed by atoms with Crippen molar-refractivity contribution < 1.29 is 29.2 Å². The molecule has 1 aliphatic rings. The highest BCUT2D eigenvalue weighted by atomic mass is 16.6. The first-order valence-electron chi connectivity index (χ1n) is 9.43. The van der Waals surface area contributed by atoms with Crippen LogP contribution in [0.5, 0.6) is 5.75 Å². The average molecular weight is 407 g/mol. The van der Waals surface area contributed by atoms with Gasteiger partial charge >= 0.3 is 11.7 Å². The van der Waals surface area contributed by atoms with Gasteiger partial charge in [0.1, 0.15) is 0 Å². The summed E-state index contributed by atoms with van der Waals surface area (Å²) < 4.78 is 5.44. The van der Waals surface area contributed by atoms with Gasteiger partial charge in [0.15, 0.2) is 5.75 Å². The molecule has 1 aromatic rings. The number of nitro groups is 1. The molecule has 10 heteroatoms. The van der Waals surface area contributed by atoms with Gasteiger partial charge in [-0.1, -0.05) is 6.07 Å². The number of piperazine rings is 1. The first-order valence-corrected chi connectivity index (χ1v) is 9.43. The van der Waals surface area contributed by atoms with Crippen molar-refractivity contribution in [2.75, 3.05) is 32.8 Å². The zero-order chi connectivity index (χ0) is 21.4. The second kappa shape index (κ2) is 10.4. The molecular formula is C19H25N3O7. The summed E-state index contributed by atoms with van der Waals surface area (Å²) in [6.07, 6.45) is 0.528. The van der Waals surface area contributed by atoms with Crippen molar-refractivity contribution in [2.45, 2.75) is 32.6 Å². The van der Waals surface area contributed by atoms with Crippen LogP contribution in [0, 0.1) is 17.0 Å². The van der Waals surface area contributed by atoms with Crippen molar-refractivity contribution in [3.05, 3.63) is 33.9 Å². The normalized spacial score (nSPS) is 13.8. The number of carboxylic acids is 1. The van der Waals surface area contributed by atoms with Crippen LogP contribution in [0.15, 0.2) is 18.2 Å². The van der Waals surface area contributed by atoms with Crippen molar-refractivity contribution in [3.8, 4) is 5.75 Å². The minimum absolute atomic E-state index is 0.0249. The highest BCUT2D eigenvalue weighted by Crippen LogP contribution is 2.27. The lowest BCUT2D eigenvalue weighted by atomic mass is 10.2. The van der Waals surface area contributed by atoms with Crippen LogP contribution in [0.3, 0.4) is 0 Å². The number of nitro benzene ring substituents is 1. The van der Waals surface area contributed by atoms with Gasteiger partial charge < -0.3 is 19.6 Å². The number of rotatable bonds is 9. The molecule has 158 valence electrons. The lowest BCUT2D eigenvalue weighted by Crippen LogP contribution is -2.50. The Bertz CT molecular complexity index is 773. The number of aliphatic carboxylic acids is 1. The number of carbonyl (C=O) groups is 3. The van der Waals surface area contributed by atoms with E-state index in [4.69, 9.17) is 9.84 Å². The van der Waals surface area contributed by atoms with Crippen LogP contribution in [0.1, 0.15) is 31.2 Å². The third kappa shape index (κ3) is 6.74. The van der Waals surface area contributed by atoms with E-state index in [1.165, 1.54) is 12.1 Å². The average Bonchev–Trinajstić information content (AvgIpc) is 2.68. The minimum Gasteiger partial charge on any atom is -0.486 e. The number of aryl methyl sites for hydroxylation is 1. The Hall–Kier alpha value is -3.17. The van der Waals surface area contributed by atoms with E-state index in [0.717, 1.165) is 5.56 Å². The molecule has 0 unspecified atom stereocenters. The number of carbonyl (C=O) groups excluding carboxylic acids is 2. The van der Waals surface area contributed by atoms with Crippen LogP contribution in [-0.4, -0.2) is 70.4 Å². The molecule has 1 saturated heterocycles. The van der Waals surface area contributed by atoms with E-state index in [9.17, 15) is 24.5 Å². The quantitative estimate of drug-likeness (QED) is 0.486. The molecule has 2 rings (SSSR count). The van der Waals surface area contributed by atoms with Gasteiger partial charge in [0.05, 0.1) is 18.0 Å². The van der Waals surface area contributed by atoms with Gasteiger partial charge in [-0.05, 0) is 25.0 Å². The van der Waals surface area contributed by atoms with Crippen molar-refractivity contribution in [1.29, 1.82) is 0 Å². The molecule has 1 aromatic carbocycles. The second-order valence-electron chi connectivity index (χ2n) is 6.84. The van der Waals surface area contributed by atoms with Crippen LogP contribution in [0.25, 0.3) is 0 Å². The van der Waals surface area contributed by atoms with E-state index < -0.39 is 10.9 Å². The number of benzene rings is 1. The van der Waals surface area contributed by atoms with Gasteiger partial charge in [-0.15, -0.1) is 0 Å². The summed E-state index contributed by atoms with van der Waals surface area (Å²) in [6, 6.07) is 4.65. The number of nitrogens with zero attached hydrogens (tertiary/aromatic N) is 3. The smallest absolute Gasteiger partial charge is 0.311 e. The van der Waals surface area contributed by atoms with Gasteiger partial charge in [0.25, 0.3) is 0 Å². The molecule has 1 N–H and O–H groups in total. The zero-order valence-electron chi connectivity index (χ0n) is 16.3. The number of hydrogen-bond acceptors (Lipinski definition) is 6. The lowest BCUT2D eigenvalue weighted by Gasteiger charge is -2.35. The Morgan fingerprint density at radius 2 is 1.66 bits per heavy atom. The monoisotopic (exact) mass is 407 g/mol. The topological polar surface area (TPSA) is 130 Å². The third-order valence-corrected chi connectivity index (χ3v) is 4.65. The first-order chi connectivity index (χ1) is 13.8. The maximum Gasteiger partial charge on any atom is 0.311 e. The molecule has 0 saturated carbocycles. The van der Waals surface area contributed by atoms with E-state index >= 15 is 0 Å². The largest absolute Gasteiger partial charge is 0.486 e. The molecule has 2 amide bonds. The fourth-order valence-corrected chi connectivity index (χ4v) is 3.05. The van der Waals surface area contributed by atoms with Crippen molar-refractivity contribution in [3.63, 3.8) is 0 Å².